The van der Waals surface area contributed by atoms with Crippen molar-refractivity contribution in [1.29, 1.82) is 0 Å². The van der Waals surface area contributed by atoms with Crippen LogP contribution in [0.4, 0.5) is 11.5 Å². The highest BCUT2D eigenvalue weighted by Gasteiger charge is 2.21. The molecule has 2 aromatic rings. The van der Waals surface area contributed by atoms with E-state index < -0.39 is 0 Å². The number of aromatic nitrogens is 2. The zero-order chi connectivity index (χ0) is 18.5. The summed E-state index contributed by atoms with van der Waals surface area (Å²) in [5.74, 6) is 1.47. The Hall–Kier alpha value is -2.63. The number of hydrogen-bond acceptors (Lipinski definition) is 5. The van der Waals surface area contributed by atoms with Crippen LogP contribution in [0, 0.1) is 6.92 Å². The first kappa shape index (κ1) is 18.2. The molecule has 1 saturated heterocycles. The highest BCUT2D eigenvalue weighted by molar-refractivity contribution is 5.93. The molecule has 0 unspecified atom stereocenters. The van der Waals surface area contributed by atoms with Crippen molar-refractivity contribution in [1.82, 2.24) is 14.9 Å². The van der Waals surface area contributed by atoms with Gasteiger partial charge in [-0.05, 0) is 32.9 Å². The van der Waals surface area contributed by atoms with Gasteiger partial charge in [0.05, 0.1) is 0 Å². The third-order valence-electron chi connectivity index (χ3n) is 4.82. The third-order valence-corrected chi connectivity index (χ3v) is 4.82. The normalized spacial score (nSPS) is 14.4. The van der Waals surface area contributed by atoms with Crippen molar-refractivity contribution >= 4 is 17.4 Å². The largest absolute Gasteiger partial charge is 0.368 e. The predicted octanol–water partition coefficient (Wildman–Crippen LogP) is 2.59. The van der Waals surface area contributed by atoms with Crippen LogP contribution in [0.1, 0.15) is 30.2 Å². The van der Waals surface area contributed by atoms with E-state index in [0.717, 1.165) is 32.0 Å². The van der Waals surface area contributed by atoms with E-state index in [9.17, 15) is 4.79 Å². The maximum Gasteiger partial charge on any atom is 0.272 e. The molecule has 1 aromatic heterocycles. The van der Waals surface area contributed by atoms with Crippen molar-refractivity contribution in [2.45, 2.75) is 20.8 Å². The first-order chi connectivity index (χ1) is 12.6. The van der Waals surface area contributed by atoms with Crippen molar-refractivity contribution in [2.24, 2.45) is 0 Å². The van der Waals surface area contributed by atoms with Crippen LogP contribution in [0.25, 0.3) is 0 Å². The molecule has 138 valence electrons. The molecule has 1 aromatic carbocycles. The fraction of sp³-hybridized carbons (Fsp3) is 0.450. The fourth-order valence-corrected chi connectivity index (χ4v) is 3.33. The van der Waals surface area contributed by atoms with Crippen LogP contribution in [-0.4, -0.2) is 60.0 Å². The van der Waals surface area contributed by atoms with Crippen LogP contribution >= 0.6 is 0 Å². The maximum atomic E-state index is 12.6. The van der Waals surface area contributed by atoms with Crippen LogP contribution in [0.15, 0.2) is 36.4 Å². The summed E-state index contributed by atoms with van der Waals surface area (Å²) in [6.07, 6.45) is 0. The van der Waals surface area contributed by atoms with Gasteiger partial charge in [0, 0.05) is 51.0 Å². The van der Waals surface area contributed by atoms with Gasteiger partial charge in [-0.15, -0.1) is 0 Å². The smallest absolute Gasteiger partial charge is 0.272 e. The number of carbonyl (C=O) groups is 1. The van der Waals surface area contributed by atoms with E-state index in [-0.39, 0.29) is 5.91 Å². The van der Waals surface area contributed by atoms with Crippen molar-refractivity contribution in [3.63, 3.8) is 0 Å². The summed E-state index contributed by atoms with van der Waals surface area (Å²) in [4.78, 5) is 28.0. The molecule has 1 amide bonds. The average Bonchev–Trinajstić information content (AvgIpc) is 2.69. The molecule has 0 radical (unpaired) electrons. The molecule has 3 rings (SSSR count). The summed E-state index contributed by atoms with van der Waals surface area (Å²) in [6.45, 7) is 10.8. The summed E-state index contributed by atoms with van der Waals surface area (Å²) in [5, 5.41) is 0. The van der Waals surface area contributed by atoms with Crippen molar-refractivity contribution in [3.8, 4) is 0 Å². The Morgan fingerprint density at radius 1 is 1.00 bits per heavy atom. The van der Waals surface area contributed by atoms with Crippen LogP contribution in [0.5, 0.6) is 0 Å². The molecule has 1 fully saturated rings. The van der Waals surface area contributed by atoms with E-state index in [4.69, 9.17) is 0 Å². The van der Waals surface area contributed by atoms with Gasteiger partial charge in [-0.1, -0.05) is 18.2 Å². The summed E-state index contributed by atoms with van der Waals surface area (Å²) in [6, 6.07) is 12.3. The summed E-state index contributed by atoms with van der Waals surface area (Å²) in [7, 11) is 0. The molecular weight excluding hydrogens is 326 g/mol. The number of anilines is 2. The fourth-order valence-electron chi connectivity index (χ4n) is 3.33. The summed E-state index contributed by atoms with van der Waals surface area (Å²) < 4.78 is 0. The quantitative estimate of drug-likeness (QED) is 0.827. The molecule has 1 aliphatic rings. The topological polar surface area (TPSA) is 52.6 Å². The van der Waals surface area contributed by atoms with E-state index in [0.29, 0.717) is 24.6 Å². The van der Waals surface area contributed by atoms with E-state index in [1.807, 2.05) is 32.9 Å². The number of hydrogen-bond donors (Lipinski definition) is 0. The first-order valence-electron chi connectivity index (χ1n) is 9.32. The molecule has 0 atom stereocenters. The molecule has 0 saturated carbocycles. The van der Waals surface area contributed by atoms with Crippen molar-refractivity contribution in [3.05, 3.63) is 47.9 Å². The number of para-hydroxylation sites is 1. The van der Waals surface area contributed by atoms with Gasteiger partial charge in [-0.2, -0.15) is 0 Å². The Balaban J connectivity index is 1.73. The molecule has 2 heterocycles. The standard InChI is InChI=1S/C20H27N5O/c1-4-23(5-2)20(26)18-15-19(22-16(3)21-18)25-13-11-24(12-14-25)17-9-7-6-8-10-17/h6-10,15H,4-5,11-14H2,1-3H3. The lowest BCUT2D eigenvalue weighted by Crippen LogP contribution is -2.47. The Morgan fingerprint density at radius 3 is 2.23 bits per heavy atom. The van der Waals surface area contributed by atoms with Crippen LogP contribution < -0.4 is 9.80 Å². The number of piperazine rings is 1. The van der Waals surface area contributed by atoms with Gasteiger partial charge in [0.15, 0.2) is 0 Å². The van der Waals surface area contributed by atoms with Gasteiger partial charge >= 0.3 is 0 Å². The van der Waals surface area contributed by atoms with Crippen LogP contribution in [0.2, 0.25) is 0 Å². The second-order valence-electron chi connectivity index (χ2n) is 6.45. The molecule has 0 N–H and O–H groups in total. The number of carbonyl (C=O) groups excluding carboxylic acids is 1. The molecule has 6 heteroatoms. The first-order valence-corrected chi connectivity index (χ1v) is 9.32. The summed E-state index contributed by atoms with van der Waals surface area (Å²) >= 11 is 0. The number of benzene rings is 1. The Bertz CT molecular complexity index is 737. The number of amides is 1. The van der Waals surface area contributed by atoms with E-state index in [1.165, 1.54) is 5.69 Å². The second kappa shape index (κ2) is 8.17. The lowest BCUT2D eigenvalue weighted by Gasteiger charge is -2.36. The minimum atomic E-state index is -0.0235. The summed E-state index contributed by atoms with van der Waals surface area (Å²) in [5.41, 5.74) is 1.74. The lowest BCUT2D eigenvalue weighted by atomic mass is 10.2. The molecule has 0 bridgehead atoms. The van der Waals surface area contributed by atoms with Crippen LogP contribution in [0.3, 0.4) is 0 Å². The van der Waals surface area contributed by atoms with E-state index >= 15 is 0 Å². The minimum absolute atomic E-state index is 0.0235. The second-order valence-corrected chi connectivity index (χ2v) is 6.45. The minimum Gasteiger partial charge on any atom is -0.368 e. The van der Waals surface area contributed by atoms with Crippen molar-refractivity contribution < 1.29 is 4.79 Å². The zero-order valence-electron chi connectivity index (χ0n) is 15.9. The van der Waals surface area contributed by atoms with Gasteiger partial charge in [-0.3, -0.25) is 4.79 Å². The van der Waals surface area contributed by atoms with E-state index in [1.54, 1.807) is 4.90 Å². The van der Waals surface area contributed by atoms with Gasteiger partial charge in [0.1, 0.15) is 17.3 Å². The molecule has 6 nitrogen and oxygen atoms in total. The average molecular weight is 353 g/mol. The number of rotatable bonds is 5. The molecule has 0 aliphatic carbocycles. The van der Waals surface area contributed by atoms with E-state index in [2.05, 4.69) is 44.0 Å². The molecule has 26 heavy (non-hydrogen) atoms. The Labute approximate surface area is 155 Å². The predicted molar refractivity (Wildman–Crippen MR) is 105 cm³/mol. The molecule has 0 spiro atoms. The number of nitrogens with zero attached hydrogens (tertiary/aromatic N) is 5. The maximum absolute atomic E-state index is 12.6. The van der Waals surface area contributed by atoms with Gasteiger partial charge < -0.3 is 14.7 Å². The van der Waals surface area contributed by atoms with Gasteiger partial charge in [-0.25, -0.2) is 9.97 Å². The third kappa shape index (κ3) is 3.95. The monoisotopic (exact) mass is 353 g/mol. The SMILES string of the molecule is CCN(CC)C(=O)c1cc(N2CCN(c3ccccc3)CC2)nc(C)n1. The van der Waals surface area contributed by atoms with Gasteiger partial charge in [0.25, 0.3) is 5.91 Å². The van der Waals surface area contributed by atoms with Gasteiger partial charge in [0.2, 0.25) is 0 Å². The Morgan fingerprint density at radius 2 is 1.62 bits per heavy atom. The molecule has 1 aliphatic heterocycles. The lowest BCUT2D eigenvalue weighted by molar-refractivity contribution is 0.0766. The van der Waals surface area contributed by atoms with Crippen LogP contribution in [-0.2, 0) is 0 Å². The highest BCUT2D eigenvalue weighted by Crippen LogP contribution is 2.20. The highest BCUT2D eigenvalue weighted by atomic mass is 16.2. The molecular formula is C20H27N5O. The number of aryl methyl sites for hydroxylation is 1. The van der Waals surface area contributed by atoms with Crippen molar-refractivity contribution in [2.75, 3.05) is 49.1 Å². The zero-order valence-corrected chi connectivity index (χ0v) is 15.9. The Kier molecular flexibility index (Phi) is 5.71.